The quantitative estimate of drug-likeness (QED) is 0.528. The van der Waals surface area contributed by atoms with Crippen molar-refractivity contribution >= 4 is 0 Å². The Morgan fingerprint density at radius 3 is 2.45 bits per heavy atom. The third-order valence-electron chi connectivity index (χ3n) is 4.72. The summed E-state index contributed by atoms with van der Waals surface area (Å²) in [6, 6.07) is 10.6. The molecule has 7 heteroatoms. The van der Waals surface area contributed by atoms with E-state index in [4.69, 9.17) is 9.68 Å². The van der Waals surface area contributed by atoms with Crippen molar-refractivity contribution in [2.45, 2.75) is 51.7 Å². The van der Waals surface area contributed by atoms with Crippen molar-refractivity contribution in [2.24, 2.45) is 0 Å². The molecular formula is C22H22F3N3O. The molecule has 2 heterocycles. The minimum Gasteiger partial charge on any atom is -0.461 e. The molecule has 1 aromatic carbocycles. The minimum atomic E-state index is -4.60. The molecule has 0 fully saturated rings. The second kappa shape index (κ2) is 7.43. The maximum Gasteiger partial charge on any atom is 0.417 e. The van der Waals surface area contributed by atoms with Crippen LogP contribution in [0.3, 0.4) is 0 Å². The van der Waals surface area contributed by atoms with Crippen molar-refractivity contribution in [3.8, 4) is 17.4 Å². The van der Waals surface area contributed by atoms with Crippen molar-refractivity contribution in [3.05, 3.63) is 65.2 Å². The number of alkyl halides is 3. The average Bonchev–Trinajstić information content (AvgIpc) is 3.29. The molecule has 0 aliphatic rings. The van der Waals surface area contributed by atoms with E-state index in [0.717, 1.165) is 11.8 Å². The van der Waals surface area contributed by atoms with E-state index in [2.05, 4.69) is 25.9 Å². The van der Waals surface area contributed by atoms with Crippen LogP contribution in [0.15, 0.2) is 47.0 Å². The van der Waals surface area contributed by atoms with E-state index >= 15 is 0 Å². The lowest BCUT2D eigenvalue weighted by atomic mass is 9.93. The Balaban J connectivity index is 1.81. The van der Waals surface area contributed by atoms with Gasteiger partial charge in [-0.15, -0.1) is 0 Å². The van der Waals surface area contributed by atoms with Gasteiger partial charge >= 0.3 is 6.18 Å². The third-order valence-corrected chi connectivity index (χ3v) is 4.72. The Morgan fingerprint density at radius 2 is 1.86 bits per heavy atom. The van der Waals surface area contributed by atoms with Crippen LogP contribution in [-0.4, -0.2) is 9.78 Å². The summed E-state index contributed by atoms with van der Waals surface area (Å²) in [6.07, 6.45) is -2.13. The first-order valence-corrected chi connectivity index (χ1v) is 9.25. The molecule has 1 unspecified atom stereocenters. The maximum absolute atomic E-state index is 13.2. The first-order chi connectivity index (χ1) is 13.5. The number of halogens is 3. The van der Waals surface area contributed by atoms with E-state index in [1.807, 2.05) is 23.9 Å². The Kier molecular flexibility index (Phi) is 5.31. The summed E-state index contributed by atoms with van der Waals surface area (Å²) in [6.45, 7) is 8.28. The molecule has 3 rings (SSSR count). The maximum atomic E-state index is 13.2. The first-order valence-electron chi connectivity index (χ1n) is 9.25. The van der Waals surface area contributed by atoms with E-state index in [0.29, 0.717) is 17.9 Å². The molecule has 0 bridgehead atoms. The summed E-state index contributed by atoms with van der Waals surface area (Å²) in [5, 5.41) is 13.5. The smallest absolute Gasteiger partial charge is 0.417 e. The lowest BCUT2D eigenvalue weighted by Crippen LogP contribution is -2.15. The highest BCUT2D eigenvalue weighted by Crippen LogP contribution is 2.35. The van der Waals surface area contributed by atoms with Crippen LogP contribution in [0.2, 0.25) is 0 Å². The van der Waals surface area contributed by atoms with Gasteiger partial charge in [-0.05, 0) is 43.3 Å². The van der Waals surface area contributed by atoms with Crippen LogP contribution in [0.5, 0.6) is 0 Å². The van der Waals surface area contributed by atoms with Gasteiger partial charge in [0.2, 0.25) is 0 Å². The van der Waals surface area contributed by atoms with Gasteiger partial charge in [0.25, 0.3) is 0 Å². The van der Waals surface area contributed by atoms with Crippen molar-refractivity contribution in [3.63, 3.8) is 0 Å². The molecule has 29 heavy (non-hydrogen) atoms. The molecule has 0 N–H and O–H groups in total. The highest BCUT2D eigenvalue weighted by atomic mass is 19.4. The van der Waals surface area contributed by atoms with Crippen LogP contribution in [0, 0.1) is 11.3 Å². The molecule has 3 aromatic rings. The fourth-order valence-corrected chi connectivity index (χ4v) is 3.04. The number of hydrogen-bond donors (Lipinski definition) is 0. The molecule has 0 saturated heterocycles. The number of aromatic nitrogens is 2. The Labute approximate surface area is 167 Å². The van der Waals surface area contributed by atoms with Gasteiger partial charge < -0.3 is 4.42 Å². The van der Waals surface area contributed by atoms with Gasteiger partial charge in [0.05, 0.1) is 28.9 Å². The monoisotopic (exact) mass is 401 g/mol. The van der Waals surface area contributed by atoms with Crippen LogP contribution in [-0.2, 0) is 18.0 Å². The van der Waals surface area contributed by atoms with E-state index in [1.54, 1.807) is 18.2 Å². The lowest BCUT2D eigenvalue weighted by molar-refractivity contribution is -0.137. The molecule has 0 radical (unpaired) electrons. The molecule has 0 aliphatic heterocycles. The Bertz CT molecular complexity index is 1050. The van der Waals surface area contributed by atoms with Crippen molar-refractivity contribution in [2.75, 3.05) is 0 Å². The van der Waals surface area contributed by atoms with Gasteiger partial charge in [0.1, 0.15) is 11.5 Å². The fourth-order valence-electron chi connectivity index (χ4n) is 3.04. The van der Waals surface area contributed by atoms with Gasteiger partial charge in [0.15, 0.2) is 0 Å². The van der Waals surface area contributed by atoms with Gasteiger partial charge in [-0.2, -0.15) is 23.5 Å². The number of rotatable bonds is 4. The highest BCUT2D eigenvalue weighted by Gasteiger charge is 2.34. The zero-order chi connectivity index (χ0) is 21.4. The largest absolute Gasteiger partial charge is 0.461 e. The molecule has 2 aromatic heterocycles. The lowest BCUT2D eigenvalue weighted by Gasteiger charge is -2.15. The van der Waals surface area contributed by atoms with Crippen LogP contribution in [0.1, 0.15) is 56.3 Å². The predicted octanol–water partition coefficient (Wildman–Crippen LogP) is 6.13. The summed E-state index contributed by atoms with van der Waals surface area (Å²) < 4.78 is 47.2. The summed E-state index contributed by atoms with van der Waals surface area (Å²) in [7, 11) is 0. The average molecular weight is 401 g/mol. The topological polar surface area (TPSA) is 54.8 Å². The number of nitriles is 1. The zero-order valence-electron chi connectivity index (χ0n) is 16.7. The van der Waals surface area contributed by atoms with Gasteiger partial charge in [-0.1, -0.05) is 20.8 Å². The molecular weight excluding hydrogens is 379 g/mol. The molecule has 0 amide bonds. The molecule has 0 aliphatic carbocycles. The summed E-state index contributed by atoms with van der Waals surface area (Å²) in [5.74, 6) is 0.983. The zero-order valence-corrected chi connectivity index (χ0v) is 16.7. The normalized spacial score (nSPS) is 13.3. The molecule has 1 atom stereocenters. The van der Waals surface area contributed by atoms with Crippen molar-refractivity contribution < 1.29 is 17.6 Å². The van der Waals surface area contributed by atoms with Crippen LogP contribution in [0.25, 0.3) is 11.3 Å². The van der Waals surface area contributed by atoms with Gasteiger partial charge in [0, 0.05) is 23.6 Å². The Hall–Kier alpha value is -3.01. The van der Waals surface area contributed by atoms with Crippen LogP contribution in [0.4, 0.5) is 13.2 Å². The number of hydrogen-bond acceptors (Lipinski definition) is 3. The van der Waals surface area contributed by atoms with Crippen LogP contribution < -0.4 is 0 Å². The second-order valence-electron chi connectivity index (χ2n) is 8.12. The molecule has 152 valence electrons. The fraction of sp³-hybridized carbons (Fsp3) is 0.364. The van der Waals surface area contributed by atoms with Gasteiger partial charge in [-0.3, -0.25) is 4.68 Å². The summed E-state index contributed by atoms with van der Waals surface area (Å²) >= 11 is 0. The van der Waals surface area contributed by atoms with E-state index < -0.39 is 17.3 Å². The number of benzene rings is 1. The second-order valence-corrected chi connectivity index (χ2v) is 8.12. The number of nitrogens with zero attached hydrogens (tertiary/aromatic N) is 3. The molecule has 4 nitrogen and oxygen atoms in total. The predicted molar refractivity (Wildman–Crippen MR) is 103 cm³/mol. The van der Waals surface area contributed by atoms with E-state index in [9.17, 15) is 13.2 Å². The van der Waals surface area contributed by atoms with Crippen molar-refractivity contribution in [1.29, 1.82) is 5.26 Å². The van der Waals surface area contributed by atoms with Crippen molar-refractivity contribution in [1.82, 2.24) is 9.78 Å². The minimum absolute atomic E-state index is 0.0248. The van der Waals surface area contributed by atoms with E-state index in [1.165, 1.54) is 12.1 Å². The standard InChI is InChI=1S/C22H22F3N3O/c1-14(28-10-9-20(27-28)21(2,3)4)11-17-7-8-19(29-17)15-5-6-16(13-26)18(12-15)22(23,24)25/h5-10,12,14H,11H2,1-4H3. The van der Waals surface area contributed by atoms with Crippen LogP contribution >= 0.6 is 0 Å². The molecule has 0 spiro atoms. The summed E-state index contributed by atoms with van der Waals surface area (Å²) in [5.41, 5.74) is -0.148. The van der Waals surface area contributed by atoms with E-state index in [-0.39, 0.29) is 17.0 Å². The number of furan rings is 1. The first kappa shape index (κ1) is 20.7. The third kappa shape index (κ3) is 4.53. The van der Waals surface area contributed by atoms with Gasteiger partial charge in [-0.25, -0.2) is 0 Å². The highest BCUT2D eigenvalue weighted by molar-refractivity contribution is 5.61. The SMILES string of the molecule is CC(Cc1ccc(-c2ccc(C#N)c(C(F)(F)F)c2)o1)n1ccc(C(C)(C)C)n1. The Morgan fingerprint density at radius 1 is 1.14 bits per heavy atom. The summed E-state index contributed by atoms with van der Waals surface area (Å²) in [4.78, 5) is 0. The molecule has 0 saturated carbocycles.